The number of methoxy groups -OCH3 is 1. The van der Waals surface area contributed by atoms with Crippen LogP contribution in [-0.2, 0) is 4.74 Å². The van der Waals surface area contributed by atoms with Gasteiger partial charge in [-0.1, -0.05) is 30.3 Å². The summed E-state index contributed by atoms with van der Waals surface area (Å²) in [5.41, 5.74) is 2.82. The molecule has 0 aliphatic heterocycles. The molecular weight excluding hydrogens is 316 g/mol. The molecule has 3 rings (SSSR count). The Morgan fingerprint density at radius 2 is 1.76 bits per heavy atom. The van der Waals surface area contributed by atoms with Crippen molar-refractivity contribution in [3.8, 4) is 22.8 Å². The van der Waals surface area contributed by atoms with Gasteiger partial charge in [0.15, 0.2) is 5.69 Å². The van der Waals surface area contributed by atoms with Crippen LogP contribution in [0.25, 0.3) is 17.1 Å². The standard InChI is InChI=1S/C20H20N2O3/c1-4-25-20(23)18-14(2)21-19(15-8-6-5-7-9-15)22(18)16-10-12-17(24-3)13-11-16/h5-13H,4H2,1-3H3. The number of benzene rings is 2. The first-order chi connectivity index (χ1) is 12.2. The van der Waals surface area contributed by atoms with Crippen molar-refractivity contribution in [3.63, 3.8) is 0 Å². The van der Waals surface area contributed by atoms with E-state index >= 15 is 0 Å². The molecule has 0 saturated heterocycles. The van der Waals surface area contributed by atoms with Crippen LogP contribution in [0.15, 0.2) is 54.6 Å². The summed E-state index contributed by atoms with van der Waals surface area (Å²) in [6.07, 6.45) is 0. The predicted molar refractivity (Wildman–Crippen MR) is 96.2 cm³/mol. The number of aromatic nitrogens is 2. The van der Waals surface area contributed by atoms with E-state index in [1.54, 1.807) is 14.0 Å². The maximum atomic E-state index is 12.5. The van der Waals surface area contributed by atoms with Crippen LogP contribution in [-0.4, -0.2) is 29.2 Å². The number of ether oxygens (including phenoxy) is 2. The summed E-state index contributed by atoms with van der Waals surface area (Å²) in [7, 11) is 1.62. The van der Waals surface area contributed by atoms with E-state index in [1.807, 2.05) is 66.1 Å². The van der Waals surface area contributed by atoms with Gasteiger partial charge in [-0.05, 0) is 38.1 Å². The van der Waals surface area contributed by atoms with E-state index in [4.69, 9.17) is 9.47 Å². The Morgan fingerprint density at radius 1 is 1.08 bits per heavy atom. The van der Waals surface area contributed by atoms with E-state index < -0.39 is 0 Å². The first-order valence-electron chi connectivity index (χ1n) is 8.12. The Bertz CT molecular complexity index is 868. The van der Waals surface area contributed by atoms with Crippen molar-refractivity contribution in [2.24, 2.45) is 0 Å². The molecule has 0 spiro atoms. The molecule has 0 atom stereocenters. The molecule has 1 aromatic heterocycles. The Morgan fingerprint density at radius 3 is 2.36 bits per heavy atom. The van der Waals surface area contributed by atoms with Crippen LogP contribution < -0.4 is 4.74 Å². The van der Waals surface area contributed by atoms with Crippen molar-refractivity contribution in [3.05, 3.63) is 66.0 Å². The Labute approximate surface area is 146 Å². The molecule has 0 saturated carbocycles. The summed E-state index contributed by atoms with van der Waals surface area (Å²) in [6, 6.07) is 17.3. The minimum absolute atomic E-state index is 0.312. The van der Waals surface area contributed by atoms with Gasteiger partial charge in [0.1, 0.15) is 11.6 Å². The normalized spacial score (nSPS) is 10.5. The molecular formula is C20H20N2O3. The fourth-order valence-corrected chi connectivity index (χ4v) is 2.73. The second-order valence-electron chi connectivity index (χ2n) is 5.49. The zero-order valence-corrected chi connectivity index (χ0v) is 14.5. The van der Waals surface area contributed by atoms with Crippen molar-refractivity contribution in [2.75, 3.05) is 13.7 Å². The van der Waals surface area contributed by atoms with Gasteiger partial charge in [-0.2, -0.15) is 0 Å². The maximum absolute atomic E-state index is 12.5. The monoisotopic (exact) mass is 336 g/mol. The lowest BCUT2D eigenvalue weighted by atomic mass is 10.2. The van der Waals surface area contributed by atoms with Crippen LogP contribution in [0.1, 0.15) is 23.1 Å². The minimum atomic E-state index is -0.384. The molecule has 2 aromatic carbocycles. The number of hydrogen-bond acceptors (Lipinski definition) is 4. The highest BCUT2D eigenvalue weighted by Gasteiger charge is 2.23. The van der Waals surface area contributed by atoms with Gasteiger partial charge in [0.2, 0.25) is 0 Å². The second kappa shape index (κ2) is 7.21. The third-order valence-electron chi connectivity index (χ3n) is 3.88. The Kier molecular flexibility index (Phi) is 4.84. The Hall–Kier alpha value is -3.08. The first kappa shape index (κ1) is 16.8. The van der Waals surface area contributed by atoms with Crippen LogP contribution in [0.5, 0.6) is 5.75 Å². The lowest BCUT2D eigenvalue weighted by molar-refractivity contribution is 0.0516. The zero-order chi connectivity index (χ0) is 17.8. The van der Waals surface area contributed by atoms with E-state index in [2.05, 4.69) is 4.98 Å². The molecule has 1 heterocycles. The summed E-state index contributed by atoms with van der Waals surface area (Å²) in [4.78, 5) is 17.2. The van der Waals surface area contributed by atoms with Gasteiger partial charge in [-0.3, -0.25) is 4.57 Å². The van der Waals surface area contributed by atoms with Gasteiger partial charge in [0.05, 0.1) is 19.4 Å². The molecule has 0 aliphatic carbocycles. The number of hydrogen-bond donors (Lipinski definition) is 0. The van der Waals surface area contributed by atoms with E-state index in [0.29, 0.717) is 23.8 Å². The van der Waals surface area contributed by atoms with Crippen LogP contribution in [0.3, 0.4) is 0 Å². The highest BCUT2D eigenvalue weighted by atomic mass is 16.5. The molecule has 0 N–H and O–H groups in total. The fraction of sp³-hybridized carbons (Fsp3) is 0.200. The molecule has 0 amide bonds. The van der Waals surface area contributed by atoms with Gasteiger partial charge in [0.25, 0.3) is 0 Å². The van der Waals surface area contributed by atoms with Crippen molar-refractivity contribution < 1.29 is 14.3 Å². The summed E-state index contributed by atoms with van der Waals surface area (Å²) < 4.78 is 12.3. The smallest absolute Gasteiger partial charge is 0.357 e. The van der Waals surface area contributed by atoms with Gasteiger partial charge in [-0.25, -0.2) is 9.78 Å². The van der Waals surface area contributed by atoms with Gasteiger partial charge in [-0.15, -0.1) is 0 Å². The van der Waals surface area contributed by atoms with Gasteiger partial charge < -0.3 is 9.47 Å². The average Bonchev–Trinajstić information content (AvgIpc) is 3.00. The van der Waals surface area contributed by atoms with E-state index in [9.17, 15) is 4.79 Å². The molecule has 128 valence electrons. The highest BCUT2D eigenvalue weighted by Crippen LogP contribution is 2.28. The molecule has 5 heteroatoms. The predicted octanol–water partition coefficient (Wildman–Crippen LogP) is 4.03. The molecule has 0 radical (unpaired) electrons. The SMILES string of the molecule is CCOC(=O)c1c(C)nc(-c2ccccc2)n1-c1ccc(OC)cc1. The van der Waals surface area contributed by atoms with Crippen LogP contribution in [0, 0.1) is 6.92 Å². The molecule has 0 bridgehead atoms. The fourth-order valence-electron chi connectivity index (χ4n) is 2.73. The van der Waals surface area contributed by atoms with Crippen LogP contribution in [0.2, 0.25) is 0 Å². The highest BCUT2D eigenvalue weighted by molar-refractivity contribution is 5.91. The van der Waals surface area contributed by atoms with E-state index in [-0.39, 0.29) is 5.97 Å². The molecule has 0 unspecified atom stereocenters. The molecule has 0 fully saturated rings. The van der Waals surface area contributed by atoms with Crippen molar-refractivity contribution in [1.82, 2.24) is 9.55 Å². The zero-order valence-electron chi connectivity index (χ0n) is 14.5. The third-order valence-corrected chi connectivity index (χ3v) is 3.88. The van der Waals surface area contributed by atoms with Gasteiger partial charge >= 0.3 is 5.97 Å². The van der Waals surface area contributed by atoms with Crippen LogP contribution >= 0.6 is 0 Å². The summed E-state index contributed by atoms with van der Waals surface area (Å²) in [5.74, 6) is 1.07. The van der Waals surface area contributed by atoms with E-state index in [1.165, 1.54) is 0 Å². The summed E-state index contributed by atoms with van der Waals surface area (Å²) >= 11 is 0. The number of aryl methyl sites for hydroxylation is 1. The quantitative estimate of drug-likeness (QED) is 0.660. The van der Waals surface area contributed by atoms with Crippen molar-refractivity contribution >= 4 is 5.97 Å². The van der Waals surface area contributed by atoms with Crippen LogP contribution in [0.4, 0.5) is 0 Å². The topological polar surface area (TPSA) is 53.3 Å². The lowest BCUT2D eigenvalue weighted by Gasteiger charge is -2.12. The Balaban J connectivity index is 2.22. The third kappa shape index (κ3) is 3.26. The van der Waals surface area contributed by atoms with Crippen molar-refractivity contribution in [2.45, 2.75) is 13.8 Å². The largest absolute Gasteiger partial charge is 0.497 e. The number of imidazole rings is 1. The second-order valence-corrected chi connectivity index (χ2v) is 5.49. The number of carbonyl (C=O) groups excluding carboxylic acids is 1. The molecule has 3 aromatic rings. The van der Waals surface area contributed by atoms with E-state index in [0.717, 1.165) is 17.0 Å². The lowest BCUT2D eigenvalue weighted by Crippen LogP contribution is -2.13. The first-order valence-corrected chi connectivity index (χ1v) is 8.12. The average molecular weight is 336 g/mol. The number of carbonyl (C=O) groups is 1. The molecule has 5 nitrogen and oxygen atoms in total. The molecule has 0 aliphatic rings. The summed E-state index contributed by atoms with van der Waals surface area (Å²) in [5, 5.41) is 0. The van der Waals surface area contributed by atoms with Gasteiger partial charge in [0, 0.05) is 11.3 Å². The minimum Gasteiger partial charge on any atom is -0.497 e. The maximum Gasteiger partial charge on any atom is 0.357 e. The number of rotatable bonds is 5. The van der Waals surface area contributed by atoms with Crippen molar-refractivity contribution in [1.29, 1.82) is 0 Å². The number of nitrogens with zero attached hydrogens (tertiary/aromatic N) is 2. The summed E-state index contributed by atoms with van der Waals surface area (Å²) in [6.45, 7) is 3.92. The molecule has 25 heavy (non-hydrogen) atoms. The number of esters is 1.